The fraction of sp³-hybridized carbons (Fsp3) is 0.300. The Bertz CT molecular complexity index is 848. The van der Waals surface area contributed by atoms with Gasteiger partial charge in [-0.05, 0) is 42.7 Å². The van der Waals surface area contributed by atoms with Crippen LogP contribution in [0.15, 0.2) is 42.5 Å². The number of ether oxygens (including phenoxy) is 2. The molecule has 142 valence electrons. The van der Waals surface area contributed by atoms with Gasteiger partial charge in [-0.15, -0.1) is 0 Å². The molecule has 6 nitrogen and oxygen atoms in total. The van der Waals surface area contributed by atoms with Crippen LogP contribution >= 0.6 is 0 Å². The van der Waals surface area contributed by atoms with E-state index in [1.807, 2.05) is 0 Å². The average Bonchev–Trinajstić information content (AvgIpc) is 3.48. The number of benzene rings is 2. The molecule has 2 amide bonds. The monoisotopic (exact) mass is 372 g/mol. The quantitative estimate of drug-likeness (QED) is 0.765. The SMILES string of the molecule is COc1ccc(NC(=O)C(=O)NCC2(c3ccc(F)cc3)CC2)c(OC)c1. The summed E-state index contributed by atoms with van der Waals surface area (Å²) in [6.07, 6.45) is 1.76. The van der Waals surface area contributed by atoms with Gasteiger partial charge >= 0.3 is 11.8 Å². The fourth-order valence-electron chi connectivity index (χ4n) is 2.93. The minimum atomic E-state index is -0.784. The van der Waals surface area contributed by atoms with Crippen LogP contribution in [-0.4, -0.2) is 32.6 Å². The van der Waals surface area contributed by atoms with Crippen molar-refractivity contribution < 1.29 is 23.5 Å². The van der Waals surface area contributed by atoms with Crippen molar-refractivity contribution in [3.63, 3.8) is 0 Å². The number of amides is 2. The molecule has 0 atom stereocenters. The highest BCUT2D eigenvalue weighted by Crippen LogP contribution is 2.47. The molecule has 0 unspecified atom stereocenters. The molecule has 0 radical (unpaired) electrons. The van der Waals surface area contributed by atoms with Crippen LogP contribution in [0.2, 0.25) is 0 Å². The maximum atomic E-state index is 13.1. The number of methoxy groups -OCH3 is 2. The molecule has 1 fully saturated rings. The fourth-order valence-corrected chi connectivity index (χ4v) is 2.93. The van der Waals surface area contributed by atoms with Gasteiger partial charge in [-0.3, -0.25) is 9.59 Å². The topological polar surface area (TPSA) is 76.7 Å². The van der Waals surface area contributed by atoms with Gasteiger partial charge in [0.05, 0.1) is 19.9 Å². The van der Waals surface area contributed by atoms with E-state index in [9.17, 15) is 14.0 Å². The van der Waals surface area contributed by atoms with Crippen LogP contribution in [0.1, 0.15) is 18.4 Å². The second kappa shape index (κ2) is 7.65. The van der Waals surface area contributed by atoms with Gasteiger partial charge in [0.2, 0.25) is 0 Å². The van der Waals surface area contributed by atoms with Crippen molar-refractivity contribution in [3.8, 4) is 11.5 Å². The highest BCUT2D eigenvalue weighted by molar-refractivity contribution is 6.39. The highest BCUT2D eigenvalue weighted by Gasteiger charge is 2.44. The zero-order valence-corrected chi connectivity index (χ0v) is 15.2. The van der Waals surface area contributed by atoms with Gasteiger partial charge in [-0.1, -0.05) is 12.1 Å². The molecular formula is C20H21FN2O4. The summed E-state index contributed by atoms with van der Waals surface area (Å²) in [7, 11) is 2.99. The number of hydrogen-bond donors (Lipinski definition) is 2. The van der Waals surface area contributed by atoms with Gasteiger partial charge in [0.1, 0.15) is 17.3 Å². The molecular weight excluding hydrogens is 351 g/mol. The highest BCUT2D eigenvalue weighted by atomic mass is 19.1. The predicted molar refractivity (Wildman–Crippen MR) is 98.5 cm³/mol. The van der Waals surface area contributed by atoms with E-state index in [2.05, 4.69) is 10.6 Å². The number of anilines is 1. The van der Waals surface area contributed by atoms with E-state index in [1.165, 1.54) is 26.4 Å². The second-order valence-corrected chi connectivity index (χ2v) is 6.49. The Kier molecular flexibility index (Phi) is 5.30. The number of hydrogen-bond acceptors (Lipinski definition) is 4. The molecule has 0 bridgehead atoms. The molecule has 2 aromatic carbocycles. The van der Waals surface area contributed by atoms with Gasteiger partial charge in [-0.25, -0.2) is 4.39 Å². The van der Waals surface area contributed by atoms with Crippen molar-refractivity contribution in [2.45, 2.75) is 18.3 Å². The molecule has 0 heterocycles. The molecule has 2 aromatic rings. The van der Waals surface area contributed by atoms with Crippen LogP contribution in [0.3, 0.4) is 0 Å². The van der Waals surface area contributed by atoms with Crippen LogP contribution in [0.4, 0.5) is 10.1 Å². The van der Waals surface area contributed by atoms with Crippen molar-refractivity contribution in [2.75, 3.05) is 26.1 Å². The Labute approximate surface area is 156 Å². The van der Waals surface area contributed by atoms with Crippen LogP contribution in [-0.2, 0) is 15.0 Å². The Morgan fingerprint density at radius 1 is 1.04 bits per heavy atom. The number of carbonyl (C=O) groups is 2. The molecule has 27 heavy (non-hydrogen) atoms. The van der Waals surface area contributed by atoms with Crippen molar-refractivity contribution >= 4 is 17.5 Å². The Balaban J connectivity index is 1.60. The van der Waals surface area contributed by atoms with Gasteiger partial charge in [0.25, 0.3) is 0 Å². The summed E-state index contributed by atoms with van der Waals surface area (Å²) >= 11 is 0. The predicted octanol–water partition coefficient (Wildman–Crippen LogP) is 2.63. The minimum absolute atomic E-state index is 0.221. The summed E-state index contributed by atoms with van der Waals surface area (Å²) in [5, 5.41) is 5.20. The van der Waals surface area contributed by atoms with Gasteiger partial charge < -0.3 is 20.1 Å². The van der Waals surface area contributed by atoms with Crippen molar-refractivity contribution in [1.82, 2.24) is 5.32 Å². The first-order valence-electron chi connectivity index (χ1n) is 8.55. The van der Waals surface area contributed by atoms with E-state index in [4.69, 9.17) is 9.47 Å². The van der Waals surface area contributed by atoms with E-state index in [-0.39, 0.29) is 11.2 Å². The standard InChI is InChI=1S/C20H21FN2O4/c1-26-15-7-8-16(17(11-15)27-2)23-19(25)18(24)22-12-20(9-10-20)13-3-5-14(21)6-4-13/h3-8,11H,9-10,12H2,1-2H3,(H,22,24)(H,23,25). The van der Waals surface area contributed by atoms with Gasteiger partial charge in [0, 0.05) is 18.0 Å². The first-order chi connectivity index (χ1) is 13.0. The third-order valence-corrected chi connectivity index (χ3v) is 4.76. The van der Waals surface area contributed by atoms with Gasteiger partial charge in [-0.2, -0.15) is 0 Å². The Morgan fingerprint density at radius 2 is 1.74 bits per heavy atom. The largest absolute Gasteiger partial charge is 0.497 e. The maximum absolute atomic E-state index is 13.1. The lowest BCUT2D eigenvalue weighted by molar-refractivity contribution is -0.136. The number of rotatable bonds is 6. The smallest absolute Gasteiger partial charge is 0.313 e. The zero-order valence-electron chi connectivity index (χ0n) is 15.2. The van der Waals surface area contributed by atoms with Crippen LogP contribution in [0.25, 0.3) is 0 Å². The van der Waals surface area contributed by atoms with Crippen LogP contribution < -0.4 is 20.1 Å². The maximum Gasteiger partial charge on any atom is 0.313 e. The third-order valence-electron chi connectivity index (χ3n) is 4.76. The molecule has 0 aliphatic heterocycles. The lowest BCUT2D eigenvalue weighted by atomic mass is 9.96. The molecule has 1 aliphatic rings. The number of nitrogens with one attached hydrogen (secondary N) is 2. The van der Waals surface area contributed by atoms with E-state index in [1.54, 1.807) is 30.3 Å². The zero-order chi connectivity index (χ0) is 19.4. The molecule has 1 aliphatic carbocycles. The average molecular weight is 372 g/mol. The van der Waals surface area contributed by atoms with E-state index in [0.29, 0.717) is 23.7 Å². The second-order valence-electron chi connectivity index (χ2n) is 6.49. The van der Waals surface area contributed by atoms with E-state index >= 15 is 0 Å². The van der Waals surface area contributed by atoms with Crippen molar-refractivity contribution in [3.05, 3.63) is 53.8 Å². The summed E-state index contributed by atoms with van der Waals surface area (Å²) in [5.41, 5.74) is 1.11. The molecule has 0 aromatic heterocycles. The van der Waals surface area contributed by atoms with Crippen LogP contribution in [0.5, 0.6) is 11.5 Å². The van der Waals surface area contributed by atoms with Gasteiger partial charge in [0.15, 0.2) is 0 Å². The Morgan fingerprint density at radius 3 is 2.33 bits per heavy atom. The van der Waals surface area contributed by atoms with E-state index in [0.717, 1.165) is 18.4 Å². The number of halogens is 1. The minimum Gasteiger partial charge on any atom is -0.497 e. The normalized spacial score (nSPS) is 14.2. The first kappa shape index (κ1) is 18.7. The molecule has 0 saturated heterocycles. The molecule has 3 rings (SSSR count). The summed E-state index contributed by atoms with van der Waals surface area (Å²) in [6.45, 7) is 0.324. The van der Waals surface area contributed by atoms with Crippen molar-refractivity contribution in [1.29, 1.82) is 0 Å². The molecule has 7 heteroatoms. The summed E-state index contributed by atoms with van der Waals surface area (Å²) in [5.74, 6) is -0.856. The third kappa shape index (κ3) is 4.19. The molecule has 2 N–H and O–H groups in total. The lowest BCUT2D eigenvalue weighted by Gasteiger charge is -2.17. The summed E-state index contributed by atoms with van der Waals surface area (Å²) in [6, 6.07) is 11.1. The van der Waals surface area contributed by atoms with Crippen LogP contribution in [0, 0.1) is 5.82 Å². The lowest BCUT2D eigenvalue weighted by Crippen LogP contribution is -2.39. The van der Waals surface area contributed by atoms with Crippen molar-refractivity contribution in [2.24, 2.45) is 0 Å². The number of carbonyl (C=O) groups excluding carboxylic acids is 2. The summed E-state index contributed by atoms with van der Waals surface area (Å²) in [4.78, 5) is 24.4. The van der Waals surface area contributed by atoms with E-state index < -0.39 is 11.8 Å². The molecule has 1 saturated carbocycles. The first-order valence-corrected chi connectivity index (χ1v) is 8.55. The Hall–Kier alpha value is -3.09. The molecule has 0 spiro atoms. The summed E-state index contributed by atoms with van der Waals surface area (Å²) < 4.78 is 23.4.